The second-order valence-electron chi connectivity index (χ2n) is 7.00. The number of nitrogens with one attached hydrogen (secondary N) is 1. The van der Waals surface area contributed by atoms with Gasteiger partial charge in [-0.15, -0.1) is 0 Å². The molecule has 0 aliphatic rings. The molecule has 2 aromatic carbocycles. The van der Waals surface area contributed by atoms with Crippen molar-refractivity contribution in [2.75, 3.05) is 11.9 Å². The largest absolute Gasteiger partial charge is 0.435 e. The van der Waals surface area contributed by atoms with Gasteiger partial charge in [0.15, 0.2) is 11.3 Å². The fourth-order valence-corrected chi connectivity index (χ4v) is 3.20. The molecule has 4 rings (SSSR count). The number of rotatable bonds is 6. The molecule has 8 heteroatoms. The summed E-state index contributed by atoms with van der Waals surface area (Å²) in [4.78, 5) is 12.2. The van der Waals surface area contributed by atoms with Crippen molar-refractivity contribution < 1.29 is 13.2 Å². The summed E-state index contributed by atoms with van der Waals surface area (Å²) < 4.78 is 42.6. The SMILES string of the molecule is Cn1c(/C=C/c2ccccc2)nc2c(C(F)(F)F)nc(NCCc3ccccc3)nc21. The molecule has 2 aromatic heterocycles. The molecule has 0 saturated heterocycles. The number of halogens is 3. The highest BCUT2D eigenvalue weighted by molar-refractivity contribution is 5.80. The Labute approximate surface area is 177 Å². The van der Waals surface area contributed by atoms with Crippen molar-refractivity contribution in [3.63, 3.8) is 0 Å². The molecule has 0 bridgehead atoms. The van der Waals surface area contributed by atoms with Gasteiger partial charge in [0, 0.05) is 13.6 Å². The third kappa shape index (κ3) is 4.74. The maximum Gasteiger partial charge on any atom is 0.435 e. The number of nitrogens with zero attached hydrogens (tertiary/aromatic N) is 4. The van der Waals surface area contributed by atoms with Gasteiger partial charge in [0.2, 0.25) is 5.95 Å². The third-order valence-electron chi connectivity index (χ3n) is 4.79. The smallest absolute Gasteiger partial charge is 0.354 e. The van der Waals surface area contributed by atoms with Gasteiger partial charge in [0.1, 0.15) is 11.3 Å². The lowest BCUT2D eigenvalue weighted by Gasteiger charge is -2.10. The zero-order chi connectivity index (χ0) is 21.8. The van der Waals surface area contributed by atoms with Gasteiger partial charge in [-0.05, 0) is 23.6 Å². The Morgan fingerprint density at radius 3 is 2.26 bits per heavy atom. The number of anilines is 1. The first-order valence-corrected chi connectivity index (χ1v) is 9.74. The monoisotopic (exact) mass is 423 g/mol. The van der Waals surface area contributed by atoms with Crippen molar-refractivity contribution in [3.05, 3.63) is 83.3 Å². The predicted octanol–water partition coefficient (Wildman–Crippen LogP) is 5.21. The zero-order valence-corrected chi connectivity index (χ0v) is 16.8. The van der Waals surface area contributed by atoms with Crippen LogP contribution in [0.3, 0.4) is 0 Å². The lowest BCUT2D eigenvalue weighted by atomic mass is 10.1. The number of alkyl halides is 3. The maximum absolute atomic E-state index is 13.7. The fraction of sp³-hybridized carbons (Fsp3) is 0.174. The molecule has 0 aliphatic carbocycles. The molecule has 0 saturated carbocycles. The summed E-state index contributed by atoms with van der Waals surface area (Å²) in [5, 5.41) is 2.91. The number of aryl methyl sites for hydroxylation is 1. The van der Waals surface area contributed by atoms with Crippen LogP contribution in [-0.4, -0.2) is 26.1 Å². The van der Waals surface area contributed by atoms with E-state index in [-0.39, 0.29) is 17.1 Å². The van der Waals surface area contributed by atoms with Crippen LogP contribution in [0.5, 0.6) is 0 Å². The Kier molecular flexibility index (Phi) is 5.70. The van der Waals surface area contributed by atoms with Crippen LogP contribution < -0.4 is 5.32 Å². The van der Waals surface area contributed by atoms with Gasteiger partial charge in [0.25, 0.3) is 0 Å². The van der Waals surface area contributed by atoms with E-state index in [0.717, 1.165) is 11.1 Å². The number of benzene rings is 2. The molecule has 0 amide bonds. The van der Waals surface area contributed by atoms with Crippen LogP contribution in [0, 0.1) is 0 Å². The Hall–Kier alpha value is -3.68. The number of fused-ring (bicyclic) bond motifs is 1. The van der Waals surface area contributed by atoms with E-state index in [1.807, 2.05) is 60.7 Å². The average Bonchev–Trinajstić information content (AvgIpc) is 3.08. The highest BCUT2D eigenvalue weighted by Crippen LogP contribution is 2.33. The number of imidazole rings is 1. The molecule has 2 heterocycles. The Bertz CT molecular complexity index is 1200. The molecule has 158 valence electrons. The number of hydrogen-bond acceptors (Lipinski definition) is 4. The van der Waals surface area contributed by atoms with E-state index in [4.69, 9.17) is 0 Å². The van der Waals surface area contributed by atoms with Crippen molar-refractivity contribution in [2.45, 2.75) is 12.6 Å². The molecular formula is C23H20F3N5. The maximum atomic E-state index is 13.7. The van der Waals surface area contributed by atoms with Crippen molar-refractivity contribution in [1.29, 1.82) is 0 Å². The van der Waals surface area contributed by atoms with Crippen LogP contribution in [-0.2, 0) is 19.6 Å². The lowest BCUT2D eigenvalue weighted by Crippen LogP contribution is -2.14. The number of hydrogen-bond donors (Lipinski definition) is 1. The summed E-state index contributed by atoms with van der Waals surface area (Å²) >= 11 is 0. The van der Waals surface area contributed by atoms with Crippen molar-refractivity contribution in [3.8, 4) is 0 Å². The minimum absolute atomic E-state index is 0.0719. The van der Waals surface area contributed by atoms with E-state index >= 15 is 0 Å². The summed E-state index contributed by atoms with van der Waals surface area (Å²) in [6, 6.07) is 19.1. The van der Waals surface area contributed by atoms with Gasteiger partial charge in [-0.1, -0.05) is 66.7 Å². The standard InChI is InChI=1S/C23H20F3N5/c1-31-18(13-12-16-8-4-2-5-9-16)28-19-20(23(24,25)26)29-22(30-21(19)31)27-15-14-17-10-6-3-7-11-17/h2-13H,14-15H2,1H3,(H,27,29,30)/b13-12+. The molecule has 0 aliphatic heterocycles. The second-order valence-corrected chi connectivity index (χ2v) is 7.00. The zero-order valence-electron chi connectivity index (χ0n) is 16.8. The Morgan fingerprint density at radius 1 is 0.903 bits per heavy atom. The Morgan fingerprint density at radius 2 is 1.58 bits per heavy atom. The van der Waals surface area contributed by atoms with Crippen LogP contribution in [0.2, 0.25) is 0 Å². The first kappa shape index (κ1) is 20.6. The first-order valence-electron chi connectivity index (χ1n) is 9.74. The molecule has 0 unspecified atom stereocenters. The molecular weight excluding hydrogens is 403 g/mol. The Balaban J connectivity index is 1.65. The molecule has 0 fully saturated rings. The summed E-state index contributed by atoms with van der Waals surface area (Å²) in [5.41, 5.74) is 0.796. The quantitative estimate of drug-likeness (QED) is 0.463. The predicted molar refractivity (Wildman–Crippen MR) is 115 cm³/mol. The van der Waals surface area contributed by atoms with E-state index in [9.17, 15) is 13.2 Å². The molecule has 4 aromatic rings. The van der Waals surface area contributed by atoms with Crippen molar-refractivity contribution in [2.24, 2.45) is 7.05 Å². The van der Waals surface area contributed by atoms with Crippen LogP contribution in [0.4, 0.5) is 19.1 Å². The van der Waals surface area contributed by atoms with Crippen LogP contribution in [0.25, 0.3) is 23.3 Å². The molecule has 5 nitrogen and oxygen atoms in total. The molecule has 0 radical (unpaired) electrons. The molecule has 0 atom stereocenters. The van der Waals surface area contributed by atoms with Gasteiger partial charge in [-0.2, -0.15) is 18.2 Å². The first-order chi connectivity index (χ1) is 14.9. The highest BCUT2D eigenvalue weighted by atomic mass is 19.4. The minimum atomic E-state index is -4.65. The normalized spacial score (nSPS) is 12.0. The summed E-state index contributed by atoms with van der Waals surface area (Å²) in [5.74, 6) is 0.289. The number of aromatic nitrogens is 4. The summed E-state index contributed by atoms with van der Waals surface area (Å²) in [6.45, 7) is 0.408. The van der Waals surface area contributed by atoms with Crippen LogP contribution in [0.15, 0.2) is 60.7 Å². The van der Waals surface area contributed by atoms with Gasteiger partial charge < -0.3 is 9.88 Å². The average molecular weight is 423 g/mol. The van der Waals surface area contributed by atoms with Crippen LogP contribution in [0.1, 0.15) is 22.6 Å². The fourth-order valence-electron chi connectivity index (χ4n) is 3.20. The van der Waals surface area contributed by atoms with Gasteiger partial charge in [0.05, 0.1) is 0 Å². The van der Waals surface area contributed by atoms with E-state index in [2.05, 4.69) is 20.3 Å². The molecule has 0 spiro atoms. The van der Waals surface area contributed by atoms with Gasteiger partial charge in [-0.3, -0.25) is 0 Å². The van der Waals surface area contributed by atoms with Gasteiger partial charge in [-0.25, -0.2) is 9.97 Å². The molecule has 31 heavy (non-hydrogen) atoms. The van der Waals surface area contributed by atoms with E-state index in [0.29, 0.717) is 18.8 Å². The molecule has 1 N–H and O–H groups in total. The second kappa shape index (κ2) is 8.59. The van der Waals surface area contributed by atoms with E-state index in [1.165, 1.54) is 4.57 Å². The van der Waals surface area contributed by atoms with Gasteiger partial charge >= 0.3 is 6.18 Å². The minimum Gasteiger partial charge on any atom is -0.354 e. The third-order valence-corrected chi connectivity index (χ3v) is 4.79. The summed E-state index contributed by atoms with van der Waals surface area (Å²) in [6.07, 6.45) is -0.549. The van der Waals surface area contributed by atoms with Crippen molar-refractivity contribution >= 4 is 29.3 Å². The lowest BCUT2D eigenvalue weighted by molar-refractivity contribution is -0.139. The van der Waals surface area contributed by atoms with Crippen molar-refractivity contribution in [1.82, 2.24) is 19.5 Å². The van der Waals surface area contributed by atoms with Crippen LogP contribution >= 0.6 is 0 Å². The topological polar surface area (TPSA) is 55.6 Å². The summed E-state index contributed by atoms with van der Waals surface area (Å²) in [7, 11) is 1.64. The highest BCUT2D eigenvalue weighted by Gasteiger charge is 2.37. The van der Waals surface area contributed by atoms with E-state index < -0.39 is 11.9 Å². The van der Waals surface area contributed by atoms with E-state index in [1.54, 1.807) is 19.2 Å².